The van der Waals surface area contributed by atoms with Crippen LogP contribution in [0, 0.1) is 0 Å². The van der Waals surface area contributed by atoms with Crippen LogP contribution in [0.15, 0.2) is 182 Å². The molecule has 49 heavy (non-hydrogen) atoms. The fourth-order valence-corrected chi connectivity index (χ4v) is 7.91. The summed E-state index contributed by atoms with van der Waals surface area (Å²) in [6.07, 6.45) is 3.78. The van der Waals surface area contributed by atoms with Gasteiger partial charge >= 0.3 is 0 Å². The molecule has 0 saturated heterocycles. The summed E-state index contributed by atoms with van der Waals surface area (Å²) in [5, 5.41) is 7.61. The first kappa shape index (κ1) is 27.6. The van der Waals surface area contributed by atoms with E-state index in [1.165, 1.54) is 76.8 Å². The van der Waals surface area contributed by atoms with E-state index in [2.05, 4.69) is 174 Å². The summed E-state index contributed by atoms with van der Waals surface area (Å²) in [6.45, 7) is 0. The maximum Gasteiger partial charge on any atom is 0.0644 e. The van der Waals surface area contributed by atoms with E-state index in [1.54, 1.807) is 0 Å². The van der Waals surface area contributed by atoms with Crippen molar-refractivity contribution in [1.82, 2.24) is 4.98 Å². The molecule has 8 aromatic carbocycles. The van der Waals surface area contributed by atoms with E-state index in [0.717, 1.165) is 17.1 Å². The van der Waals surface area contributed by atoms with Crippen molar-refractivity contribution in [3.05, 3.63) is 182 Å². The molecule has 0 unspecified atom stereocenters. The van der Waals surface area contributed by atoms with E-state index in [4.69, 9.17) is 0 Å². The van der Waals surface area contributed by atoms with Crippen molar-refractivity contribution in [2.75, 3.05) is 4.90 Å². The number of aromatic nitrogens is 1. The van der Waals surface area contributed by atoms with Crippen molar-refractivity contribution in [3.63, 3.8) is 0 Å². The molecule has 0 saturated carbocycles. The maximum atomic E-state index is 4.54. The quantitative estimate of drug-likeness (QED) is 0.178. The molecule has 2 heteroatoms. The monoisotopic (exact) mass is 622 g/mol. The van der Waals surface area contributed by atoms with E-state index in [0.29, 0.717) is 0 Å². The molecule has 1 aliphatic rings. The normalized spacial score (nSPS) is 11.7. The predicted octanol–water partition coefficient (Wildman–Crippen LogP) is 13.0. The van der Waals surface area contributed by atoms with Gasteiger partial charge in [0.1, 0.15) is 0 Å². The van der Waals surface area contributed by atoms with Crippen molar-refractivity contribution in [3.8, 4) is 44.5 Å². The van der Waals surface area contributed by atoms with Crippen LogP contribution in [0.3, 0.4) is 0 Å². The second-order valence-electron chi connectivity index (χ2n) is 12.8. The average molecular weight is 623 g/mol. The highest BCUT2D eigenvalue weighted by molar-refractivity contribution is 6.19. The first-order valence-corrected chi connectivity index (χ1v) is 16.8. The molecule has 0 N–H and O–H groups in total. The van der Waals surface area contributed by atoms with Crippen molar-refractivity contribution in [2.24, 2.45) is 0 Å². The summed E-state index contributed by atoms with van der Waals surface area (Å²) in [7, 11) is 0. The molecular weight excluding hydrogens is 593 g/mol. The topological polar surface area (TPSA) is 16.1 Å². The number of hydrogen-bond acceptors (Lipinski definition) is 2. The van der Waals surface area contributed by atoms with Gasteiger partial charge in [-0.25, -0.2) is 0 Å². The number of benzene rings is 8. The van der Waals surface area contributed by atoms with Crippen LogP contribution in [0.4, 0.5) is 17.1 Å². The largest absolute Gasteiger partial charge is 0.309 e. The summed E-state index contributed by atoms with van der Waals surface area (Å²) >= 11 is 0. The van der Waals surface area contributed by atoms with Crippen LogP contribution in [0.25, 0.3) is 76.8 Å². The van der Waals surface area contributed by atoms with Crippen LogP contribution in [-0.4, -0.2) is 4.98 Å². The fraction of sp³-hybridized carbons (Fsp3) is 0. The molecule has 1 aliphatic carbocycles. The fourth-order valence-electron chi connectivity index (χ4n) is 7.91. The Morgan fingerprint density at radius 2 is 0.959 bits per heavy atom. The second-order valence-corrected chi connectivity index (χ2v) is 12.8. The van der Waals surface area contributed by atoms with Crippen molar-refractivity contribution in [1.29, 1.82) is 0 Å². The van der Waals surface area contributed by atoms with Gasteiger partial charge in [-0.15, -0.1) is 0 Å². The summed E-state index contributed by atoms with van der Waals surface area (Å²) < 4.78 is 0. The Bertz CT molecular complexity index is 2640. The summed E-state index contributed by atoms with van der Waals surface area (Å²) in [6, 6.07) is 61.9. The van der Waals surface area contributed by atoms with E-state index >= 15 is 0 Å². The Balaban J connectivity index is 1.29. The van der Waals surface area contributed by atoms with Crippen molar-refractivity contribution < 1.29 is 0 Å². The molecular formula is C47H30N2. The van der Waals surface area contributed by atoms with Gasteiger partial charge < -0.3 is 4.90 Å². The van der Waals surface area contributed by atoms with Crippen molar-refractivity contribution in [2.45, 2.75) is 0 Å². The lowest BCUT2D eigenvalue weighted by atomic mass is 9.89. The van der Waals surface area contributed by atoms with Gasteiger partial charge in [0.2, 0.25) is 0 Å². The highest BCUT2D eigenvalue weighted by Crippen LogP contribution is 2.50. The standard InChI is InChI=1S/C47H30N2/c1-2-13-34(14-3-1)49(35-15-11-25-48-30-35)36-27-32(38-23-24-45-41-19-8-7-18-40(41)44-22-10-21-43(38)47(44)45)26-33(28-36)46-29-31-12-4-5-16-37(31)39-17-6-9-20-42(39)46/h1-30H. The molecule has 228 valence electrons. The maximum absolute atomic E-state index is 4.54. The molecule has 0 aliphatic heterocycles. The Hall–Kier alpha value is -6.51. The molecule has 0 fully saturated rings. The smallest absolute Gasteiger partial charge is 0.0644 e. The molecule has 2 nitrogen and oxygen atoms in total. The van der Waals surface area contributed by atoms with Crippen molar-refractivity contribution >= 4 is 49.4 Å². The summed E-state index contributed by atoms with van der Waals surface area (Å²) in [5.41, 5.74) is 13.2. The Morgan fingerprint density at radius 1 is 0.347 bits per heavy atom. The number of para-hydroxylation sites is 1. The molecule has 9 aromatic rings. The highest BCUT2D eigenvalue weighted by Gasteiger charge is 2.23. The molecule has 0 atom stereocenters. The van der Waals surface area contributed by atoms with Gasteiger partial charge in [0.15, 0.2) is 0 Å². The molecule has 0 bridgehead atoms. The van der Waals surface area contributed by atoms with Gasteiger partial charge in [0.05, 0.1) is 11.9 Å². The van der Waals surface area contributed by atoms with Gasteiger partial charge in [-0.2, -0.15) is 0 Å². The number of hydrogen-bond donors (Lipinski definition) is 0. The molecule has 0 amide bonds. The predicted molar refractivity (Wildman–Crippen MR) is 207 cm³/mol. The molecule has 1 aromatic heterocycles. The zero-order valence-electron chi connectivity index (χ0n) is 26.7. The highest BCUT2D eigenvalue weighted by atomic mass is 15.1. The first-order valence-electron chi connectivity index (χ1n) is 16.8. The third kappa shape index (κ3) is 4.38. The van der Waals surface area contributed by atoms with Gasteiger partial charge in [0.25, 0.3) is 0 Å². The molecule has 1 heterocycles. The van der Waals surface area contributed by atoms with E-state index in [1.807, 2.05) is 18.5 Å². The van der Waals surface area contributed by atoms with Gasteiger partial charge in [0, 0.05) is 17.6 Å². The number of anilines is 3. The van der Waals surface area contributed by atoms with E-state index in [9.17, 15) is 0 Å². The van der Waals surface area contributed by atoms with E-state index < -0.39 is 0 Å². The van der Waals surface area contributed by atoms with Gasteiger partial charge in [-0.05, 0) is 125 Å². The van der Waals surface area contributed by atoms with Crippen LogP contribution in [-0.2, 0) is 0 Å². The van der Waals surface area contributed by atoms with Gasteiger partial charge in [-0.1, -0.05) is 121 Å². The minimum Gasteiger partial charge on any atom is -0.309 e. The Labute approximate surface area is 285 Å². The lowest BCUT2D eigenvalue weighted by Gasteiger charge is -2.27. The zero-order valence-corrected chi connectivity index (χ0v) is 26.7. The van der Waals surface area contributed by atoms with Crippen LogP contribution in [0.1, 0.15) is 0 Å². The summed E-state index contributed by atoms with van der Waals surface area (Å²) in [4.78, 5) is 6.86. The first-order chi connectivity index (χ1) is 24.3. The number of rotatable bonds is 5. The third-order valence-corrected chi connectivity index (χ3v) is 10.0. The Morgan fingerprint density at radius 3 is 1.76 bits per heavy atom. The minimum atomic E-state index is 1.01. The Kier molecular flexibility index (Phi) is 6.22. The average Bonchev–Trinajstić information content (AvgIpc) is 3.50. The SMILES string of the molecule is c1ccc(N(c2cccnc2)c2cc(-c3ccc4c5c(cccc35)-c3ccccc3-4)cc(-c3cc4ccccc4c4ccccc34)c2)cc1. The minimum absolute atomic E-state index is 1.01. The molecule has 10 rings (SSSR count). The number of nitrogens with zero attached hydrogens (tertiary/aromatic N) is 2. The van der Waals surface area contributed by atoms with Crippen LogP contribution in [0.5, 0.6) is 0 Å². The lowest BCUT2D eigenvalue weighted by Crippen LogP contribution is -2.10. The van der Waals surface area contributed by atoms with Crippen LogP contribution < -0.4 is 4.90 Å². The molecule has 0 spiro atoms. The van der Waals surface area contributed by atoms with E-state index in [-0.39, 0.29) is 0 Å². The third-order valence-electron chi connectivity index (χ3n) is 10.0. The summed E-state index contributed by atoms with van der Waals surface area (Å²) in [5.74, 6) is 0. The molecule has 0 radical (unpaired) electrons. The van der Waals surface area contributed by atoms with Crippen LogP contribution in [0.2, 0.25) is 0 Å². The second kappa shape index (κ2) is 11.0. The lowest BCUT2D eigenvalue weighted by molar-refractivity contribution is 1.23. The number of fused-ring (bicyclic) bond motifs is 6. The zero-order chi connectivity index (χ0) is 32.3. The van der Waals surface area contributed by atoms with Gasteiger partial charge in [-0.3, -0.25) is 4.98 Å². The number of pyridine rings is 1. The van der Waals surface area contributed by atoms with Crippen LogP contribution >= 0.6 is 0 Å².